The summed E-state index contributed by atoms with van der Waals surface area (Å²) >= 11 is 5.85. The van der Waals surface area contributed by atoms with Crippen LogP contribution in [-0.2, 0) is 16.6 Å². The SMILES string of the molecule is CN(Cc1cccc(Cl)c1)S(=O)(=O)c1ccc(C(=O)O)o1. The first-order valence-electron chi connectivity index (χ1n) is 5.84. The number of furan rings is 1. The maximum absolute atomic E-state index is 12.3. The normalized spacial score (nSPS) is 11.8. The molecule has 0 saturated carbocycles. The van der Waals surface area contributed by atoms with Crippen molar-refractivity contribution in [2.75, 3.05) is 7.05 Å². The highest BCUT2D eigenvalue weighted by Crippen LogP contribution is 2.20. The second-order valence-electron chi connectivity index (χ2n) is 4.31. The summed E-state index contributed by atoms with van der Waals surface area (Å²) in [5.74, 6) is -1.75. The lowest BCUT2D eigenvalue weighted by Gasteiger charge is -2.15. The van der Waals surface area contributed by atoms with Gasteiger partial charge in [-0.3, -0.25) is 0 Å². The zero-order chi connectivity index (χ0) is 15.6. The van der Waals surface area contributed by atoms with Crippen LogP contribution in [0.1, 0.15) is 16.1 Å². The summed E-state index contributed by atoms with van der Waals surface area (Å²) in [6.07, 6.45) is 0. The maximum atomic E-state index is 12.3. The number of carbonyl (C=O) groups is 1. The Labute approximate surface area is 126 Å². The molecule has 2 aromatic rings. The first-order valence-corrected chi connectivity index (χ1v) is 7.66. The van der Waals surface area contributed by atoms with Gasteiger partial charge in [0.1, 0.15) is 0 Å². The van der Waals surface area contributed by atoms with Crippen LogP contribution < -0.4 is 0 Å². The van der Waals surface area contributed by atoms with Crippen LogP contribution in [-0.4, -0.2) is 30.8 Å². The van der Waals surface area contributed by atoms with Crippen LogP contribution in [0.4, 0.5) is 0 Å². The van der Waals surface area contributed by atoms with Crippen LogP contribution in [0.5, 0.6) is 0 Å². The van der Waals surface area contributed by atoms with E-state index in [1.54, 1.807) is 24.3 Å². The van der Waals surface area contributed by atoms with Crippen molar-refractivity contribution in [2.45, 2.75) is 11.6 Å². The summed E-state index contributed by atoms with van der Waals surface area (Å²) < 4.78 is 30.4. The summed E-state index contributed by atoms with van der Waals surface area (Å²) in [7, 11) is -2.53. The number of hydrogen-bond donors (Lipinski definition) is 1. The van der Waals surface area contributed by atoms with Gasteiger partial charge in [0.15, 0.2) is 0 Å². The lowest BCUT2D eigenvalue weighted by molar-refractivity contribution is 0.0656. The molecule has 0 saturated heterocycles. The molecule has 0 unspecified atom stereocenters. The third-order valence-electron chi connectivity index (χ3n) is 2.75. The molecule has 1 N–H and O–H groups in total. The third-order valence-corrected chi connectivity index (χ3v) is 4.66. The van der Waals surface area contributed by atoms with Gasteiger partial charge < -0.3 is 9.52 Å². The Morgan fingerprint density at radius 1 is 1.33 bits per heavy atom. The minimum absolute atomic E-state index is 0.0893. The van der Waals surface area contributed by atoms with E-state index in [2.05, 4.69) is 0 Å². The highest BCUT2D eigenvalue weighted by molar-refractivity contribution is 7.88. The van der Waals surface area contributed by atoms with Gasteiger partial charge in [0.25, 0.3) is 10.0 Å². The molecule has 1 heterocycles. The van der Waals surface area contributed by atoms with Gasteiger partial charge in [-0.15, -0.1) is 0 Å². The molecule has 1 aromatic heterocycles. The minimum Gasteiger partial charge on any atom is -0.475 e. The molecule has 0 fully saturated rings. The van der Waals surface area contributed by atoms with Crippen molar-refractivity contribution in [1.29, 1.82) is 0 Å². The second kappa shape index (κ2) is 5.88. The number of rotatable bonds is 5. The molecular weight excluding hydrogens is 318 g/mol. The monoisotopic (exact) mass is 329 g/mol. The number of sulfonamides is 1. The molecule has 0 aliphatic rings. The molecule has 2 rings (SSSR count). The van der Waals surface area contributed by atoms with E-state index in [4.69, 9.17) is 21.1 Å². The lowest BCUT2D eigenvalue weighted by atomic mass is 10.2. The Morgan fingerprint density at radius 3 is 2.62 bits per heavy atom. The molecule has 0 radical (unpaired) electrons. The van der Waals surface area contributed by atoms with Crippen LogP contribution in [0.3, 0.4) is 0 Å². The van der Waals surface area contributed by atoms with Crippen LogP contribution >= 0.6 is 11.6 Å². The molecule has 0 aliphatic carbocycles. The molecule has 1 aromatic carbocycles. The quantitative estimate of drug-likeness (QED) is 0.910. The first kappa shape index (κ1) is 15.6. The Kier molecular flexibility index (Phi) is 4.36. The second-order valence-corrected chi connectivity index (χ2v) is 6.73. The average Bonchev–Trinajstić information content (AvgIpc) is 2.89. The van der Waals surface area contributed by atoms with Crippen molar-refractivity contribution < 1.29 is 22.7 Å². The van der Waals surface area contributed by atoms with Gasteiger partial charge in [0, 0.05) is 18.6 Å². The van der Waals surface area contributed by atoms with Crippen molar-refractivity contribution in [3.63, 3.8) is 0 Å². The fourth-order valence-corrected chi connectivity index (χ4v) is 2.98. The van der Waals surface area contributed by atoms with Gasteiger partial charge in [-0.05, 0) is 29.8 Å². The summed E-state index contributed by atoms with van der Waals surface area (Å²) in [5.41, 5.74) is 0.707. The molecular formula is C13H12ClNO5S. The molecule has 0 amide bonds. The van der Waals surface area contributed by atoms with Crippen molar-refractivity contribution in [3.8, 4) is 0 Å². The van der Waals surface area contributed by atoms with Crippen LogP contribution in [0.2, 0.25) is 5.02 Å². The summed E-state index contributed by atoms with van der Waals surface area (Å²) in [6.45, 7) is 0.0893. The lowest BCUT2D eigenvalue weighted by Crippen LogP contribution is -2.26. The van der Waals surface area contributed by atoms with E-state index in [9.17, 15) is 13.2 Å². The number of carboxylic acid groups (broad SMARTS) is 1. The van der Waals surface area contributed by atoms with Gasteiger partial charge in [-0.25, -0.2) is 13.2 Å². The van der Waals surface area contributed by atoms with E-state index in [1.165, 1.54) is 7.05 Å². The maximum Gasteiger partial charge on any atom is 0.371 e. The van der Waals surface area contributed by atoms with E-state index in [1.807, 2.05) is 0 Å². The number of hydrogen-bond acceptors (Lipinski definition) is 4. The van der Waals surface area contributed by atoms with Crippen LogP contribution in [0.25, 0.3) is 0 Å². The number of nitrogens with zero attached hydrogens (tertiary/aromatic N) is 1. The van der Waals surface area contributed by atoms with E-state index < -0.39 is 26.8 Å². The first-order chi connectivity index (χ1) is 9.80. The molecule has 8 heteroatoms. The van der Waals surface area contributed by atoms with Gasteiger partial charge in [-0.2, -0.15) is 4.31 Å². The molecule has 112 valence electrons. The summed E-state index contributed by atoms with van der Waals surface area (Å²) in [5, 5.41) is 8.84. The highest BCUT2D eigenvalue weighted by Gasteiger charge is 2.26. The van der Waals surface area contributed by atoms with E-state index in [-0.39, 0.29) is 6.54 Å². The van der Waals surface area contributed by atoms with Crippen LogP contribution in [0.15, 0.2) is 45.9 Å². The zero-order valence-electron chi connectivity index (χ0n) is 11.0. The van der Waals surface area contributed by atoms with E-state index in [0.29, 0.717) is 10.6 Å². The summed E-state index contributed by atoms with van der Waals surface area (Å²) in [4.78, 5) is 10.7. The minimum atomic E-state index is -3.90. The standard InChI is InChI=1S/C13H12ClNO5S/c1-15(8-9-3-2-4-10(14)7-9)21(18,19)12-6-5-11(20-12)13(16)17/h2-7H,8H2,1H3,(H,16,17). The molecule has 6 nitrogen and oxygen atoms in total. The molecule has 0 aliphatic heterocycles. The van der Waals surface area contributed by atoms with Crippen molar-refractivity contribution >= 4 is 27.6 Å². The Morgan fingerprint density at radius 2 is 2.05 bits per heavy atom. The molecule has 0 bridgehead atoms. The molecule has 0 spiro atoms. The molecule has 0 atom stereocenters. The fourth-order valence-electron chi connectivity index (χ4n) is 1.70. The summed E-state index contributed by atoms with van der Waals surface area (Å²) in [6, 6.07) is 9.01. The largest absolute Gasteiger partial charge is 0.475 e. The van der Waals surface area contributed by atoms with Gasteiger partial charge in [-0.1, -0.05) is 23.7 Å². The average molecular weight is 330 g/mol. The highest BCUT2D eigenvalue weighted by atomic mass is 35.5. The smallest absolute Gasteiger partial charge is 0.371 e. The van der Waals surface area contributed by atoms with Crippen LogP contribution in [0, 0.1) is 0 Å². The van der Waals surface area contributed by atoms with Gasteiger partial charge >= 0.3 is 5.97 Å². The van der Waals surface area contributed by atoms with Crippen molar-refractivity contribution in [3.05, 3.63) is 52.7 Å². The predicted molar refractivity (Wildman–Crippen MR) is 75.8 cm³/mol. The number of carboxylic acids is 1. The number of halogens is 1. The van der Waals surface area contributed by atoms with Crippen molar-refractivity contribution in [2.24, 2.45) is 0 Å². The molecule has 21 heavy (non-hydrogen) atoms. The van der Waals surface area contributed by atoms with Gasteiger partial charge in [0.2, 0.25) is 10.9 Å². The number of aromatic carboxylic acids is 1. The third kappa shape index (κ3) is 3.44. The predicted octanol–water partition coefficient (Wildman–Crippen LogP) is 2.45. The van der Waals surface area contributed by atoms with Gasteiger partial charge in [0.05, 0.1) is 0 Å². The van der Waals surface area contributed by atoms with E-state index in [0.717, 1.165) is 16.4 Å². The van der Waals surface area contributed by atoms with E-state index >= 15 is 0 Å². The Hall–Kier alpha value is -1.83. The zero-order valence-corrected chi connectivity index (χ0v) is 12.6. The number of benzene rings is 1. The fraction of sp³-hybridized carbons (Fsp3) is 0.154. The van der Waals surface area contributed by atoms with Crippen molar-refractivity contribution in [1.82, 2.24) is 4.31 Å². The Bertz CT molecular complexity index is 768. The topological polar surface area (TPSA) is 87.8 Å². The Balaban J connectivity index is 2.23.